The first-order chi connectivity index (χ1) is 6.97. The molecule has 0 aromatic heterocycles. The molecule has 0 bridgehead atoms. The quantitative estimate of drug-likeness (QED) is 0.744. The summed E-state index contributed by atoms with van der Waals surface area (Å²) in [5, 5.41) is -0.322. The van der Waals surface area contributed by atoms with Crippen LogP contribution < -0.4 is 4.74 Å². The van der Waals surface area contributed by atoms with Gasteiger partial charge in [0.15, 0.2) is 3.79 Å². The van der Waals surface area contributed by atoms with Crippen molar-refractivity contribution in [2.45, 2.75) is 15.6 Å². The molecule has 0 saturated carbocycles. The summed E-state index contributed by atoms with van der Waals surface area (Å²) in [5.41, 5.74) is 0. The SMILES string of the molecule is ClC(COc1ccccc1)CC(Cl)(Cl)Cl. The summed E-state index contributed by atoms with van der Waals surface area (Å²) in [4.78, 5) is 0. The summed E-state index contributed by atoms with van der Waals surface area (Å²) in [6.45, 7) is 0.319. The monoisotopic (exact) mass is 286 g/mol. The van der Waals surface area contributed by atoms with Crippen LogP contribution >= 0.6 is 46.4 Å². The van der Waals surface area contributed by atoms with E-state index in [0.717, 1.165) is 5.75 Å². The molecular formula is C10H10Cl4O. The summed E-state index contributed by atoms with van der Waals surface area (Å²) < 4.78 is 4.08. The van der Waals surface area contributed by atoms with Gasteiger partial charge in [-0.15, -0.1) is 11.6 Å². The van der Waals surface area contributed by atoms with Gasteiger partial charge in [0.2, 0.25) is 0 Å². The standard InChI is InChI=1S/C10H10Cl4O/c11-8(6-10(12,13)14)7-15-9-4-2-1-3-5-9/h1-5,8H,6-7H2. The zero-order valence-electron chi connectivity index (χ0n) is 7.80. The van der Waals surface area contributed by atoms with Crippen molar-refractivity contribution >= 4 is 46.4 Å². The van der Waals surface area contributed by atoms with Gasteiger partial charge in [0.25, 0.3) is 0 Å². The highest BCUT2D eigenvalue weighted by Gasteiger charge is 2.24. The Morgan fingerprint density at radius 3 is 2.27 bits per heavy atom. The van der Waals surface area contributed by atoms with Crippen LogP contribution in [0.25, 0.3) is 0 Å². The van der Waals surface area contributed by atoms with Crippen LogP contribution in [-0.2, 0) is 0 Å². The highest BCUT2D eigenvalue weighted by Crippen LogP contribution is 2.33. The van der Waals surface area contributed by atoms with Gasteiger partial charge in [-0.05, 0) is 12.1 Å². The van der Waals surface area contributed by atoms with Crippen molar-refractivity contribution in [3.8, 4) is 5.75 Å². The second-order valence-corrected chi connectivity index (χ2v) is 6.17. The minimum atomic E-state index is -1.33. The smallest absolute Gasteiger partial charge is 0.192 e. The number of hydrogen-bond donors (Lipinski definition) is 0. The average molecular weight is 288 g/mol. The third kappa shape index (κ3) is 6.36. The number of benzene rings is 1. The normalized spacial score (nSPS) is 13.6. The molecule has 0 saturated heterocycles. The first-order valence-electron chi connectivity index (χ1n) is 4.36. The Bertz CT molecular complexity index is 283. The molecule has 0 fully saturated rings. The lowest BCUT2D eigenvalue weighted by molar-refractivity contribution is 0.311. The van der Waals surface area contributed by atoms with Crippen LogP contribution in [0.5, 0.6) is 5.75 Å². The Hall–Kier alpha value is 0.180. The third-order valence-electron chi connectivity index (χ3n) is 1.63. The van der Waals surface area contributed by atoms with Gasteiger partial charge in [0, 0.05) is 6.42 Å². The van der Waals surface area contributed by atoms with Crippen LogP contribution in [0.3, 0.4) is 0 Å². The zero-order chi connectivity index (χ0) is 11.3. The highest BCUT2D eigenvalue weighted by atomic mass is 35.6. The number of halogens is 4. The number of rotatable bonds is 4. The maximum Gasteiger partial charge on any atom is 0.192 e. The van der Waals surface area contributed by atoms with Crippen LogP contribution in [0, 0.1) is 0 Å². The van der Waals surface area contributed by atoms with Gasteiger partial charge in [-0.3, -0.25) is 0 Å². The molecule has 1 aromatic carbocycles. The van der Waals surface area contributed by atoms with Gasteiger partial charge in [-0.1, -0.05) is 53.0 Å². The highest BCUT2D eigenvalue weighted by molar-refractivity contribution is 6.67. The number of para-hydroxylation sites is 1. The van der Waals surface area contributed by atoms with E-state index in [1.807, 2.05) is 30.3 Å². The van der Waals surface area contributed by atoms with Crippen molar-refractivity contribution in [1.82, 2.24) is 0 Å². The third-order valence-corrected chi connectivity index (χ3v) is 2.37. The van der Waals surface area contributed by atoms with Gasteiger partial charge < -0.3 is 4.74 Å². The molecule has 0 aliphatic carbocycles. The predicted octanol–water partition coefficient (Wildman–Crippen LogP) is 4.43. The predicted molar refractivity (Wildman–Crippen MR) is 66.5 cm³/mol. The van der Waals surface area contributed by atoms with E-state index in [9.17, 15) is 0 Å². The van der Waals surface area contributed by atoms with Gasteiger partial charge in [0.05, 0.1) is 5.38 Å². The van der Waals surface area contributed by atoms with E-state index in [0.29, 0.717) is 6.61 Å². The minimum Gasteiger partial charge on any atom is -0.492 e. The Labute approximate surface area is 109 Å². The summed E-state index contributed by atoms with van der Waals surface area (Å²) >= 11 is 22.7. The molecule has 84 valence electrons. The fourth-order valence-corrected chi connectivity index (χ4v) is 2.10. The maximum atomic E-state index is 5.94. The van der Waals surface area contributed by atoms with E-state index < -0.39 is 3.79 Å². The molecular weight excluding hydrogens is 278 g/mol. The fraction of sp³-hybridized carbons (Fsp3) is 0.400. The first-order valence-corrected chi connectivity index (χ1v) is 5.93. The lowest BCUT2D eigenvalue weighted by Gasteiger charge is -2.16. The van der Waals surface area contributed by atoms with Gasteiger partial charge in [0.1, 0.15) is 12.4 Å². The molecule has 0 spiro atoms. The van der Waals surface area contributed by atoms with E-state index in [1.165, 1.54) is 0 Å². The van der Waals surface area contributed by atoms with Crippen molar-refractivity contribution in [3.05, 3.63) is 30.3 Å². The summed E-state index contributed by atoms with van der Waals surface area (Å²) in [6, 6.07) is 9.37. The van der Waals surface area contributed by atoms with Crippen molar-refractivity contribution in [3.63, 3.8) is 0 Å². The van der Waals surface area contributed by atoms with Gasteiger partial charge in [-0.25, -0.2) is 0 Å². The van der Waals surface area contributed by atoms with Crippen molar-refractivity contribution in [2.75, 3.05) is 6.61 Å². The van der Waals surface area contributed by atoms with E-state index in [-0.39, 0.29) is 11.8 Å². The molecule has 0 N–H and O–H groups in total. The first kappa shape index (κ1) is 13.2. The van der Waals surface area contributed by atoms with Crippen LogP contribution in [-0.4, -0.2) is 15.8 Å². The van der Waals surface area contributed by atoms with Crippen molar-refractivity contribution < 1.29 is 4.74 Å². The van der Waals surface area contributed by atoms with Crippen molar-refractivity contribution in [1.29, 1.82) is 0 Å². The van der Waals surface area contributed by atoms with E-state index in [4.69, 9.17) is 51.1 Å². The Morgan fingerprint density at radius 1 is 1.13 bits per heavy atom. The molecule has 5 heteroatoms. The summed E-state index contributed by atoms with van der Waals surface area (Å²) in [7, 11) is 0. The molecule has 1 atom stereocenters. The maximum absolute atomic E-state index is 5.94. The second-order valence-electron chi connectivity index (χ2n) is 3.04. The molecule has 1 nitrogen and oxygen atoms in total. The second kappa shape index (κ2) is 6.05. The van der Waals surface area contributed by atoms with Crippen LogP contribution in [0.4, 0.5) is 0 Å². The molecule has 1 aromatic rings. The Kier molecular flexibility index (Phi) is 5.34. The van der Waals surface area contributed by atoms with Gasteiger partial charge in [-0.2, -0.15) is 0 Å². The Balaban J connectivity index is 2.32. The molecule has 0 aliphatic heterocycles. The topological polar surface area (TPSA) is 9.23 Å². The van der Waals surface area contributed by atoms with E-state index >= 15 is 0 Å². The number of alkyl halides is 4. The molecule has 0 aliphatic rings. The number of hydrogen-bond acceptors (Lipinski definition) is 1. The van der Waals surface area contributed by atoms with E-state index in [1.54, 1.807) is 0 Å². The molecule has 1 unspecified atom stereocenters. The van der Waals surface area contributed by atoms with Crippen LogP contribution in [0.2, 0.25) is 0 Å². The molecule has 0 radical (unpaired) electrons. The van der Waals surface area contributed by atoms with Crippen molar-refractivity contribution in [2.24, 2.45) is 0 Å². The summed E-state index contributed by atoms with van der Waals surface area (Å²) in [6.07, 6.45) is 0.256. The summed E-state index contributed by atoms with van der Waals surface area (Å²) in [5.74, 6) is 0.757. The molecule has 0 heterocycles. The lowest BCUT2D eigenvalue weighted by Crippen LogP contribution is -2.18. The van der Waals surface area contributed by atoms with Crippen LogP contribution in [0.1, 0.15) is 6.42 Å². The molecule has 1 rings (SSSR count). The minimum absolute atomic E-state index is 0.256. The lowest BCUT2D eigenvalue weighted by atomic mass is 10.3. The molecule has 15 heavy (non-hydrogen) atoms. The van der Waals surface area contributed by atoms with Crippen LogP contribution in [0.15, 0.2) is 30.3 Å². The van der Waals surface area contributed by atoms with Gasteiger partial charge >= 0.3 is 0 Å². The largest absolute Gasteiger partial charge is 0.492 e. The number of ether oxygens (including phenoxy) is 1. The molecule has 0 amide bonds. The Morgan fingerprint density at radius 2 is 1.73 bits per heavy atom. The van der Waals surface area contributed by atoms with E-state index in [2.05, 4.69) is 0 Å². The zero-order valence-corrected chi connectivity index (χ0v) is 10.8. The average Bonchev–Trinajstić information content (AvgIpc) is 2.14. The fourth-order valence-electron chi connectivity index (χ4n) is 1.01.